The Balaban J connectivity index is 1.80. The fourth-order valence-electron chi connectivity index (χ4n) is 2.42. The molecule has 25 heavy (non-hydrogen) atoms. The molecule has 1 unspecified atom stereocenters. The molecule has 0 bridgehead atoms. The summed E-state index contributed by atoms with van der Waals surface area (Å²) in [5.41, 5.74) is 3.05. The van der Waals surface area contributed by atoms with Crippen molar-refractivity contribution in [2.75, 3.05) is 26.4 Å². The van der Waals surface area contributed by atoms with Crippen molar-refractivity contribution < 1.29 is 14.3 Å². The van der Waals surface area contributed by atoms with Gasteiger partial charge < -0.3 is 9.47 Å². The van der Waals surface area contributed by atoms with Crippen LogP contribution >= 0.6 is 0 Å². The monoisotopic (exact) mass is 349 g/mol. The van der Waals surface area contributed by atoms with Crippen molar-refractivity contribution in [2.24, 2.45) is 0 Å². The minimum Gasteiger partial charge on any atom is -0.491 e. The molecule has 1 aromatic rings. The maximum Gasteiger partial charge on any atom is 0.119 e. The van der Waals surface area contributed by atoms with Crippen molar-refractivity contribution in [3.8, 4) is 5.75 Å². The topological polar surface area (TPSA) is 39.7 Å². The van der Waals surface area contributed by atoms with Crippen LogP contribution in [-0.2, 0) is 9.57 Å². The number of benzene rings is 1. The minimum absolute atomic E-state index is 0.0310. The number of rotatable bonds is 17. The Morgan fingerprint density at radius 2 is 1.68 bits per heavy atom. The summed E-state index contributed by atoms with van der Waals surface area (Å²) in [7, 11) is 0. The summed E-state index contributed by atoms with van der Waals surface area (Å²) in [6.45, 7) is 8.62. The number of ether oxygens (including phenoxy) is 2. The first-order valence-corrected chi connectivity index (χ1v) is 9.58. The Morgan fingerprint density at radius 1 is 1.00 bits per heavy atom. The van der Waals surface area contributed by atoms with Crippen LogP contribution < -0.4 is 10.2 Å². The largest absolute Gasteiger partial charge is 0.491 e. The van der Waals surface area contributed by atoms with Crippen LogP contribution in [0.1, 0.15) is 51.9 Å². The molecule has 4 heteroatoms. The first-order chi connectivity index (χ1) is 12.3. The summed E-state index contributed by atoms with van der Waals surface area (Å²) in [5.74, 6) is 0.880. The third-order valence-electron chi connectivity index (χ3n) is 3.82. The third kappa shape index (κ3) is 13.6. The molecular formula is C21H35NO3. The highest BCUT2D eigenvalue weighted by atomic mass is 16.7. The van der Waals surface area contributed by atoms with Gasteiger partial charge in [0.05, 0.1) is 6.61 Å². The molecule has 0 amide bonds. The molecule has 0 radical (unpaired) electrons. The summed E-state index contributed by atoms with van der Waals surface area (Å²) in [6.07, 6.45) is 10.6. The van der Waals surface area contributed by atoms with E-state index in [2.05, 4.69) is 12.1 Å². The number of unbranched alkanes of at least 4 members (excludes halogenated alkanes) is 6. The van der Waals surface area contributed by atoms with Gasteiger partial charge in [0, 0.05) is 13.2 Å². The molecule has 0 aliphatic rings. The van der Waals surface area contributed by atoms with Gasteiger partial charge in [-0.2, -0.15) is 0 Å². The molecule has 0 saturated carbocycles. The Bertz CT molecular complexity index is 411. The normalized spacial score (nSPS) is 12.0. The molecule has 0 spiro atoms. The molecule has 142 valence electrons. The molecule has 1 aromatic carbocycles. The summed E-state index contributed by atoms with van der Waals surface area (Å²) in [5, 5.41) is 0. The Kier molecular flexibility index (Phi) is 14.0. The highest BCUT2D eigenvalue weighted by Crippen LogP contribution is 2.09. The Hall–Kier alpha value is -1.36. The van der Waals surface area contributed by atoms with Gasteiger partial charge >= 0.3 is 0 Å². The zero-order chi connectivity index (χ0) is 18.0. The fourth-order valence-corrected chi connectivity index (χ4v) is 2.42. The van der Waals surface area contributed by atoms with Gasteiger partial charge in [0.1, 0.15) is 18.5 Å². The predicted octanol–water partition coefficient (Wildman–Crippen LogP) is 4.91. The van der Waals surface area contributed by atoms with E-state index in [4.69, 9.17) is 14.3 Å². The summed E-state index contributed by atoms with van der Waals surface area (Å²) in [4.78, 5) is 5.56. The van der Waals surface area contributed by atoms with Crippen LogP contribution in [0.15, 0.2) is 43.0 Å². The fraction of sp³-hybridized carbons (Fsp3) is 0.619. The van der Waals surface area contributed by atoms with Gasteiger partial charge in [-0.25, -0.2) is 5.48 Å². The molecule has 0 fully saturated rings. The van der Waals surface area contributed by atoms with Crippen LogP contribution in [-0.4, -0.2) is 32.5 Å². The van der Waals surface area contributed by atoms with Crippen LogP contribution in [0.2, 0.25) is 0 Å². The van der Waals surface area contributed by atoms with E-state index >= 15 is 0 Å². The molecule has 1 N–H and O–H groups in total. The van der Waals surface area contributed by atoms with Gasteiger partial charge in [-0.1, -0.05) is 56.4 Å². The second kappa shape index (κ2) is 16.1. The van der Waals surface area contributed by atoms with E-state index in [1.807, 2.05) is 37.3 Å². The van der Waals surface area contributed by atoms with Crippen molar-refractivity contribution in [1.29, 1.82) is 0 Å². The zero-order valence-electron chi connectivity index (χ0n) is 15.8. The SMILES string of the molecule is C=CCOCCCCCCCCCNOC(C)COc1ccccc1. The molecule has 4 nitrogen and oxygen atoms in total. The van der Waals surface area contributed by atoms with E-state index in [0.29, 0.717) is 13.2 Å². The van der Waals surface area contributed by atoms with Gasteiger partial charge in [0.25, 0.3) is 0 Å². The van der Waals surface area contributed by atoms with E-state index in [9.17, 15) is 0 Å². The number of hydrogen-bond acceptors (Lipinski definition) is 4. The smallest absolute Gasteiger partial charge is 0.119 e. The van der Waals surface area contributed by atoms with E-state index < -0.39 is 0 Å². The maximum atomic E-state index is 5.65. The highest BCUT2D eigenvalue weighted by molar-refractivity contribution is 5.20. The lowest BCUT2D eigenvalue weighted by molar-refractivity contribution is -0.0359. The molecule has 0 aliphatic carbocycles. The van der Waals surface area contributed by atoms with Gasteiger partial charge in [0.15, 0.2) is 0 Å². The lowest BCUT2D eigenvalue weighted by Gasteiger charge is -2.14. The molecule has 0 aliphatic heterocycles. The minimum atomic E-state index is 0.0310. The van der Waals surface area contributed by atoms with Crippen LogP contribution in [0.4, 0.5) is 0 Å². The van der Waals surface area contributed by atoms with Crippen molar-refractivity contribution in [1.82, 2.24) is 5.48 Å². The van der Waals surface area contributed by atoms with Crippen LogP contribution in [0.5, 0.6) is 5.75 Å². The second-order valence-electron chi connectivity index (χ2n) is 6.29. The predicted molar refractivity (Wildman–Crippen MR) is 104 cm³/mol. The number of para-hydroxylation sites is 1. The van der Waals surface area contributed by atoms with E-state index in [-0.39, 0.29) is 6.10 Å². The van der Waals surface area contributed by atoms with Crippen molar-refractivity contribution >= 4 is 0 Å². The lowest BCUT2D eigenvalue weighted by Crippen LogP contribution is -2.27. The first kappa shape index (κ1) is 21.7. The van der Waals surface area contributed by atoms with Gasteiger partial charge in [0.2, 0.25) is 0 Å². The number of nitrogens with one attached hydrogen (secondary N) is 1. The van der Waals surface area contributed by atoms with E-state index in [1.54, 1.807) is 6.08 Å². The van der Waals surface area contributed by atoms with Crippen molar-refractivity contribution in [3.05, 3.63) is 43.0 Å². The van der Waals surface area contributed by atoms with Crippen LogP contribution in [0.25, 0.3) is 0 Å². The molecule has 1 atom stereocenters. The standard InChI is InChI=1S/C21H35NO3/c1-3-17-23-18-13-8-6-4-5-7-12-16-22-25-20(2)19-24-21-14-10-9-11-15-21/h3,9-11,14-15,20,22H,1,4-8,12-13,16-19H2,2H3. The molecular weight excluding hydrogens is 314 g/mol. The third-order valence-corrected chi connectivity index (χ3v) is 3.82. The maximum absolute atomic E-state index is 5.65. The van der Waals surface area contributed by atoms with Gasteiger partial charge in [-0.05, 0) is 31.9 Å². The van der Waals surface area contributed by atoms with Crippen LogP contribution in [0.3, 0.4) is 0 Å². The number of hydroxylamine groups is 1. The zero-order valence-corrected chi connectivity index (χ0v) is 15.8. The molecule has 0 heterocycles. The molecule has 1 rings (SSSR count). The summed E-state index contributed by atoms with van der Waals surface area (Å²) >= 11 is 0. The Labute approximate surface area is 153 Å². The van der Waals surface area contributed by atoms with Crippen LogP contribution in [0, 0.1) is 0 Å². The van der Waals surface area contributed by atoms with Gasteiger partial charge in [-0.15, -0.1) is 6.58 Å². The average molecular weight is 350 g/mol. The van der Waals surface area contributed by atoms with E-state index in [0.717, 1.165) is 31.7 Å². The first-order valence-electron chi connectivity index (χ1n) is 9.58. The summed E-state index contributed by atoms with van der Waals surface area (Å²) < 4.78 is 11.0. The van der Waals surface area contributed by atoms with Crippen molar-refractivity contribution in [3.63, 3.8) is 0 Å². The Morgan fingerprint density at radius 3 is 2.40 bits per heavy atom. The lowest BCUT2D eigenvalue weighted by atomic mass is 10.1. The number of hydrogen-bond donors (Lipinski definition) is 1. The second-order valence-corrected chi connectivity index (χ2v) is 6.29. The van der Waals surface area contributed by atoms with Crippen molar-refractivity contribution in [2.45, 2.75) is 58.0 Å². The average Bonchev–Trinajstić information content (AvgIpc) is 2.64. The molecule has 0 aromatic heterocycles. The molecule has 0 saturated heterocycles. The van der Waals surface area contributed by atoms with E-state index in [1.165, 1.54) is 32.1 Å². The quantitative estimate of drug-likeness (QED) is 0.246. The highest BCUT2D eigenvalue weighted by Gasteiger charge is 2.03. The van der Waals surface area contributed by atoms with Gasteiger partial charge in [-0.3, -0.25) is 4.84 Å². The summed E-state index contributed by atoms with van der Waals surface area (Å²) in [6, 6.07) is 9.82.